The van der Waals surface area contributed by atoms with Crippen LogP contribution >= 0.6 is 11.3 Å². The summed E-state index contributed by atoms with van der Waals surface area (Å²) in [5.41, 5.74) is 7.31. The highest BCUT2D eigenvalue weighted by Gasteiger charge is 2.14. The Kier molecular flexibility index (Phi) is 4.27. The molecule has 2 nitrogen and oxygen atoms in total. The van der Waals surface area contributed by atoms with E-state index in [1.54, 1.807) is 17.4 Å². The first kappa shape index (κ1) is 14.1. The second-order valence-electron chi connectivity index (χ2n) is 4.63. The molecule has 1 aromatic carbocycles. The number of thiazole rings is 1. The maximum atomic E-state index is 13.5. The molecule has 0 aliphatic rings. The Balaban J connectivity index is 2.05. The van der Waals surface area contributed by atoms with Crippen LogP contribution in [0.1, 0.15) is 21.1 Å². The summed E-state index contributed by atoms with van der Waals surface area (Å²) < 4.78 is 26.6. The molecular formula is C14H16F2N2S. The summed E-state index contributed by atoms with van der Waals surface area (Å²) in [5, 5.41) is 0.944. The van der Waals surface area contributed by atoms with Gasteiger partial charge in [-0.3, -0.25) is 0 Å². The number of halogens is 2. The Labute approximate surface area is 115 Å². The van der Waals surface area contributed by atoms with Crippen LogP contribution in [0.3, 0.4) is 0 Å². The van der Waals surface area contributed by atoms with Crippen LogP contribution in [0.2, 0.25) is 0 Å². The topological polar surface area (TPSA) is 38.9 Å². The number of hydrogen-bond acceptors (Lipinski definition) is 3. The lowest BCUT2D eigenvalue weighted by molar-refractivity contribution is 0.492. The summed E-state index contributed by atoms with van der Waals surface area (Å²) in [4.78, 5) is 5.57. The number of hydrogen-bond donors (Lipinski definition) is 1. The van der Waals surface area contributed by atoms with Gasteiger partial charge in [0.1, 0.15) is 0 Å². The molecule has 0 amide bonds. The zero-order chi connectivity index (χ0) is 14.0. The van der Waals surface area contributed by atoms with E-state index in [9.17, 15) is 8.78 Å². The van der Waals surface area contributed by atoms with Gasteiger partial charge < -0.3 is 5.73 Å². The summed E-state index contributed by atoms with van der Waals surface area (Å²) in [6.07, 6.45) is 0.885. The molecule has 2 N–H and O–H groups in total. The van der Waals surface area contributed by atoms with Crippen molar-refractivity contribution < 1.29 is 8.78 Å². The number of aryl methyl sites for hydroxylation is 2. The third kappa shape index (κ3) is 3.36. The summed E-state index contributed by atoms with van der Waals surface area (Å²) in [6.45, 7) is 3.96. The minimum absolute atomic E-state index is 0.263. The molecule has 0 aliphatic carbocycles. The van der Waals surface area contributed by atoms with Crippen LogP contribution in [-0.2, 0) is 12.8 Å². The van der Waals surface area contributed by atoms with Gasteiger partial charge in [-0.2, -0.15) is 0 Å². The first-order valence-corrected chi connectivity index (χ1v) is 6.90. The van der Waals surface area contributed by atoms with E-state index < -0.39 is 11.6 Å². The number of nitrogens with two attached hydrogens (primary N) is 1. The van der Waals surface area contributed by atoms with Crippen LogP contribution in [0.5, 0.6) is 0 Å². The molecular weight excluding hydrogens is 266 g/mol. The highest BCUT2D eigenvalue weighted by Crippen LogP contribution is 2.19. The van der Waals surface area contributed by atoms with E-state index in [0.29, 0.717) is 18.4 Å². The van der Waals surface area contributed by atoms with E-state index >= 15 is 0 Å². The number of nitrogens with zero attached hydrogens (tertiary/aromatic N) is 1. The van der Waals surface area contributed by atoms with Crippen LogP contribution < -0.4 is 5.73 Å². The number of rotatable bonds is 4. The van der Waals surface area contributed by atoms with Crippen molar-refractivity contribution in [1.82, 2.24) is 4.98 Å². The minimum Gasteiger partial charge on any atom is -0.327 e. The Morgan fingerprint density at radius 1 is 1.26 bits per heavy atom. The molecule has 1 aromatic heterocycles. The average Bonchev–Trinajstić information content (AvgIpc) is 2.64. The highest BCUT2D eigenvalue weighted by molar-refractivity contribution is 7.11. The van der Waals surface area contributed by atoms with Crippen LogP contribution in [0.25, 0.3) is 0 Å². The van der Waals surface area contributed by atoms with Crippen molar-refractivity contribution in [3.8, 4) is 0 Å². The lowest BCUT2D eigenvalue weighted by Gasteiger charge is -2.10. The molecule has 19 heavy (non-hydrogen) atoms. The van der Waals surface area contributed by atoms with Crippen LogP contribution in [0.4, 0.5) is 8.78 Å². The molecule has 5 heteroatoms. The Morgan fingerprint density at radius 3 is 2.63 bits per heavy atom. The van der Waals surface area contributed by atoms with E-state index in [0.717, 1.165) is 16.8 Å². The van der Waals surface area contributed by atoms with Crippen molar-refractivity contribution in [2.45, 2.75) is 32.7 Å². The summed E-state index contributed by atoms with van der Waals surface area (Å²) in [6, 6.07) is 3.91. The molecule has 1 unspecified atom stereocenters. The number of benzene rings is 1. The molecule has 0 aliphatic heterocycles. The van der Waals surface area contributed by atoms with Gasteiger partial charge >= 0.3 is 0 Å². The molecule has 2 aromatic rings. The molecule has 2 rings (SSSR count). The molecule has 1 atom stereocenters. The second-order valence-corrected chi connectivity index (χ2v) is 5.92. The van der Waals surface area contributed by atoms with E-state index in [-0.39, 0.29) is 6.04 Å². The van der Waals surface area contributed by atoms with Gasteiger partial charge in [0.2, 0.25) is 0 Å². The third-order valence-electron chi connectivity index (χ3n) is 3.02. The first-order chi connectivity index (χ1) is 8.97. The summed E-state index contributed by atoms with van der Waals surface area (Å²) in [7, 11) is 0. The van der Waals surface area contributed by atoms with Crippen molar-refractivity contribution in [2.75, 3.05) is 0 Å². The molecule has 102 valence electrons. The van der Waals surface area contributed by atoms with Crippen molar-refractivity contribution in [2.24, 2.45) is 5.73 Å². The molecule has 0 bridgehead atoms. The van der Waals surface area contributed by atoms with E-state index in [2.05, 4.69) is 4.98 Å². The van der Waals surface area contributed by atoms with Gasteiger partial charge in [0.05, 0.1) is 10.7 Å². The second kappa shape index (κ2) is 5.75. The lowest BCUT2D eigenvalue weighted by atomic mass is 10.0. The standard InChI is InChI=1S/C14H16F2N2S/c1-8-9(2)19-13(18-8)7-11(17)6-10-4-3-5-12(15)14(10)16/h3-5,11H,6-7,17H2,1-2H3. The molecule has 0 saturated carbocycles. The lowest BCUT2D eigenvalue weighted by Crippen LogP contribution is -2.26. The van der Waals surface area contributed by atoms with Gasteiger partial charge in [-0.1, -0.05) is 12.1 Å². The van der Waals surface area contributed by atoms with Gasteiger partial charge in [-0.05, 0) is 31.9 Å². The maximum Gasteiger partial charge on any atom is 0.162 e. The SMILES string of the molecule is Cc1nc(CC(N)Cc2cccc(F)c2F)sc1C. The Bertz CT molecular complexity index is 561. The summed E-state index contributed by atoms with van der Waals surface area (Å²) >= 11 is 1.60. The Morgan fingerprint density at radius 2 is 2.00 bits per heavy atom. The van der Waals surface area contributed by atoms with E-state index in [1.807, 2.05) is 13.8 Å². The molecule has 0 fully saturated rings. The Hall–Kier alpha value is -1.33. The third-order valence-corrected chi connectivity index (χ3v) is 4.12. The van der Waals surface area contributed by atoms with Gasteiger partial charge in [0, 0.05) is 17.3 Å². The zero-order valence-electron chi connectivity index (χ0n) is 10.9. The van der Waals surface area contributed by atoms with Crippen molar-refractivity contribution in [3.63, 3.8) is 0 Å². The average molecular weight is 282 g/mol. The fraction of sp³-hybridized carbons (Fsp3) is 0.357. The maximum absolute atomic E-state index is 13.5. The van der Waals surface area contributed by atoms with E-state index in [4.69, 9.17) is 5.73 Å². The highest BCUT2D eigenvalue weighted by atomic mass is 32.1. The van der Waals surface area contributed by atoms with Crippen molar-refractivity contribution in [1.29, 1.82) is 0 Å². The molecule has 0 spiro atoms. The summed E-state index contributed by atoms with van der Waals surface area (Å²) in [5.74, 6) is -1.63. The normalized spacial score (nSPS) is 12.7. The monoisotopic (exact) mass is 282 g/mol. The molecule has 0 radical (unpaired) electrons. The van der Waals surface area contributed by atoms with Crippen molar-refractivity contribution in [3.05, 3.63) is 51.0 Å². The predicted octanol–water partition coefficient (Wildman–Crippen LogP) is 3.15. The molecule has 1 heterocycles. The minimum atomic E-state index is -0.828. The smallest absolute Gasteiger partial charge is 0.162 e. The fourth-order valence-electron chi connectivity index (χ4n) is 1.91. The number of aromatic nitrogens is 1. The largest absolute Gasteiger partial charge is 0.327 e. The van der Waals surface area contributed by atoms with Gasteiger partial charge in [0.25, 0.3) is 0 Å². The van der Waals surface area contributed by atoms with Crippen molar-refractivity contribution >= 4 is 11.3 Å². The fourth-order valence-corrected chi connectivity index (χ4v) is 2.94. The van der Waals surface area contributed by atoms with Gasteiger partial charge in [-0.25, -0.2) is 13.8 Å². The van der Waals surface area contributed by atoms with Crippen LogP contribution in [-0.4, -0.2) is 11.0 Å². The van der Waals surface area contributed by atoms with E-state index in [1.165, 1.54) is 10.9 Å². The predicted molar refractivity (Wildman–Crippen MR) is 73.3 cm³/mol. The quantitative estimate of drug-likeness (QED) is 0.935. The van der Waals surface area contributed by atoms with Crippen LogP contribution in [0, 0.1) is 25.5 Å². The first-order valence-electron chi connectivity index (χ1n) is 6.08. The van der Waals surface area contributed by atoms with Crippen LogP contribution in [0.15, 0.2) is 18.2 Å². The zero-order valence-corrected chi connectivity index (χ0v) is 11.7. The van der Waals surface area contributed by atoms with Gasteiger partial charge in [0.15, 0.2) is 11.6 Å². The van der Waals surface area contributed by atoms with Gasteiger partial charge in [-0.15, -0.1) is 11.3 Å². The molecule has 0 saturated heterocycles.